The third-order valence-corrected chi connectivity index (χ3v) is 2.98. The molecule has 0 unspecified atom stereocenters. The van der Waals surface area contributed by atoms with E-state index < -0.39 is 0 Å². The number of hydrogen-bond acceptors (Lipinski definition) is 2. The molecule has 80 valence electrons. The Bertz CT molecular complexity index is 495. The first-order chi connectivity index (χ1) is 7.95. The standard InChI is InChI=1S/C14H14N2/c1-2-6-13(15-9-3-1)11-5-4-7-14-12(11)8-10-16-14/h1-7,9,15-16H,8,10H2. The summed E-state index contributed by atoms with van der Waals surface area (Å²) in [7, 11) is 0. The smallest absolute Gasteiger partial charge is 0.0456 e. The van der Waals surface area contributed by atoms with E-state index in [2.05, 4.69) is 41.0 Å². The molecule has 2 aliphatic heterocycles. The molecule has 3 rings (SSSR count). The van der Waals surface area contributed by atoms with Gasteiger partial charge in [0.2, 0.25) is 0 Å². The van der Waals surface area contributed by atoms with Gasteiger partial charge in [-0.15, -0.1) is 0 Å². The molecule has 0 bridgehead atoms. The van der Waals surface area contributed by atoms with Crippen molar-refractivity contribution in [1.82, 2.24) is 5.32 Å². The fourth-order valence-corrected chi connectivity index (χ4v) is 2.22. The van der Waals surface area contributed by atoms with Gasteiger partial charge in [0, 0.05) is 29.7 Å². The Hall–Kier alpha value is -1.96. The largest absolute Gasteiger partial charge is 0.384 e. The predicted octanol–water partition coefficient (Wildman–Crippen LogP) is 2.67. The van der Waals surface area contributed by atoms with Crippen molar-refractivity contribution in [3.05, 3.63) is 59.8 Å². The summed E-state index contributed by atoms with van der Waals surface area (Å²) in [5.74, 6) is 0. The second kappa shape index (κ2) is 3.89. The summed E-state index contributed by atoms with van der Waals surface area (Å²) in [5, 5.41) is 6.72. The zero-order valence-corrected chi connectivity index (χ0v) is 9.03. The molecule has 16 heavy (non-hydrogen) atoms. The molecule has 2 heteroatoms. The molecule has 0 saturated heterocycles. The molecular weight excluding hydrogens is 196 g/mol. The molecule has 0 aromatic heterocycles. The molecule has 0 spiro atoms. The van der Waals surface area contributed by atoms with Crippen molar-refractivity contribution in [2.75, 3.05) is 11.9 Å². The Morgan fingerprint density at radius 2 is 2.06 bits per heavy atom. The van der Waals surface area contributed by atoms with Gasteiger partial charge in [-0.3, -0.25) is 0 Å². The molecule has 0 amide bonds. The maximum Gasteiger partial charge on any atom is 0.0456 e. The fourth-order valence-electron chi connectivity index (χ4n) is 2.22. The van der Waals surface area contributed by atoms with E-state index in [9.17, 15) is 0 Å². The van der Waals surface area contributed by atoms with Gasteiger partial charge in [-0.2, -0.15) is 0 Å². The topological polar surface area (TPSA) is 24.1 Å². The minimum Gasteiger partial charge on any atom is -0.384 e. The van der Waals surface area contributed by atoms with Crippen LogP contribution in [0.15, 0.2) is 48.7 Å². The molecule has 2 N–H and O–H groups in total. The summed E-state index contributed by atoms with van der Waals surface area (Å²) in [6, 6.07) is 6.43. The Kier molecular flexibility index (Phi) is 2.26. The van der Waals surface area contributed by atoms with Crippen molar-refractivity contribution in [2.45, 2.75) is 6.42 Å². The van der Waals surface area contributed by atoms with Crippen LogP contribution in [0.1, 0.15) is 11.1 Å². The van der Waals surface area contributed by atoms with Crippen LogP contribution >= 0.6 is 0 Å². The second-order valence-corrected chi connectivity index (χ2v) is 3.98. The number of allylic oxidation sites excluding steroid dienone is 4. The molecule has 2 aliphatic rings. The maximum atomic E-state index is 3.40. The molecule has 1 aromatic carbocycles. The van der Waals surface area contributed by atoms with Crippen molar-refractivity contribution in [2.24, 2.45) is 0 Å². The quantitative estimate of drug-likeness (QED) is 0.744. The Labute approximate surface area is 95.4 Å². The van der Waals surface area contributed by atoms with Gasteiger partial charge < -0.3 is 10.6 Å². The Morgan fingerprint density at radius 3 is 3.06 bits per heavy atom. The average Bonchev–Trinajstić information content (AvgIpc) is 2.63. The van der Waals surface area contributed by atoms with Gasteiger partial charge in [-0.25, -0.2) is 0 Å². The van der Waals surface area contributed by atoms with E-state index in [1.165, 1.54) is 22.5 Å². The number of anilines is 1. The van der Waals surface area contributed by atoms with Gasteiger partial charge in [-0.05, 0) is 30.2 Å². The molecular formula is C14H14N2. The first kappa shape index (κ1) is 9.28. The van der Waals surface area contributed by atoms with Gasteiger partial charge in [0.15, 0.2) is 0 Å². The molecule has 0 radical (unpaired) electrons. The molecule has 0 atom stereocenters. The molecule has 0 fully saturated rings. The van der Waals surface area contributed by atoms with Crippen LogP contribution in [-0.4, -0.2) is 6.54 Å². The highest BCUT2D eigenvalue weighted by atomic mass is 14.9. The minimum absolute atomic E-state index is 1.05. The second-order valence-electron chi connectivity index (χ2n) is 3.98. The van der Waals surface area contributed by atoms with Gasteiger partial charge >= 0.3 is 0 Å². The van der Waals surface area contributed by atoms with E-state index in [0.29, 0.717) is 0 Å². The van der Waals surface area contributed by atoms with E-state index in [0.717, 1.165) is 13.0 Å². The Balaban J connectivity index is 2.07. The van der Waals surface area contributed by atoms with E-state index in [4.69, 9.17) is 0 Å². The van der Waals surface area contributed by atoms with Crippen molar-refractivity contribution < 1.29 is 0 Å². The number of hydrogen-bond donors (Lipinski definition) is 2. The lowest BCUT2D eigenvalue weighted by Gasteiger charge is -2.11. The van der Waals surface area contributed by atoms with E-state index in [1.807, 2.05) is 18.4 Å². The summed E-state index contributed by atoms with van der Waals surface area (Å²) in [6.07, 6.45) is 11.3. The summed E-state index contributed by atoms with van der Waals surface area (Å²) < 4.78 is 0. The fraction of sp³-hybridized carbons (Fsp3) is 0.143. The van der Waals surface area contributed by atoms with Crippen LogP contribution in [0.5, 0.6) is 0 Å². The Morgan fingerprint density at radius 1 is 1.06 bits per heavy atom. The van der Waals surface area contributed by atoms with E-state index in [1.54, 1.807) is 0 Å². The van der Waals surface area contributed by atoms with Gasteiger partial charge in [0.25, 0.3) is 0 Å². The van der Waals surface area contributed by atoms with Crippen molar-refractivity contribution in [3.8, 4) is 0 Å². The third-order valence-electron chi connectivity index (χ3n) is 2.98. The average molecular weight is 210 g/mol. The summed E-state index contributed by atoms with van der Waals surface area (Å²) in [5.41, 5.74) is 5.17. The van der Waals surface area contributed by atoms with Crippen LogP contribution < -0.4 is 10.6 Å². The lowest BCUT2D eigenvalue weighted by atomic mass is 10.0. The van der Waals surface area contributed by atoms with Gasteiger partial charge in [0.05, 0.1) is 0 Å². The first-order valence-electron chi connectivity index (χ1n) is 5.61. The SMILES string of the molecule is C1=CC=C(c2cccc3c2CCN3)NC=C1. The van der Waals surface area contributed by atoms with Crippen molar-refractivity contribution in [1.29, 1.82) is 0 Å². The monoisotopic (exact) mass is 210 g/mol. The van der Waals surface area contributed by atoms with Crippen LogP contribution in [0.4, 0.5) is 5.69 Å². The molecule has 2 nitrogen and oxygen atoms in total. The molecule has 0 saturated carbocycles. The molecule has 0 aliphatic carbocycles. The first-order valence-corrected chi connectivity index (χ1v) is 5.61. The normalized spacial score (nSPS) is 17.1. The van der Waals surface area contributed by atoms with Crippen LogP contribution in [0, 0.1) is 0 Å². The number of benzene rings is 1. The van der Waals surface area contributed by atoms with Gasteiger partial charge in [-0.1, -0.05) is 24.3 Å². The highest BCUT2D eigenvalue weighted by Gasteiger charge is 2.15. The van der Waals surface area contributed by atoms with Crippen LogP contribution in [0.2, 0.25) is 0 Å². The minimum atomic E-state index is 1.05. The number of nitrogens with one attached hydrogen (secondary N) is 2. The van der Waals surface area contributed by atoms with Crippen molar-refractivity contribution in [3.63, 3.8) is 0 Å². The zero-order valence-electron chi connectivity index (χ0n) is 9.03. The summed E-state index contributed by atoms with van der Waals surface area (Å²) in [6.45, 7) is 1.05. The summed E-state index contributed by atoms with van der Waals surface area (Å²) >= 11 is 0. The number of rotatable bonds is 1. The highest BCUT2D eigenvalue weighted by molar-refractivity contribution is 5.75. The summed E-state index contributed by atoms with van der Waals surface area (Å²) in [4.78, 5) is 0. The van der Waals surface area contributed by atoms with E-state index >= 15 is 0 Å². The highest BCUT2D eigenvalue weighted by Crippen LogP contribution is 2.29. The lowest BCUT2D eigenvalue weighted by Crippen LogP contribution is -2.05. The number of fused-ring (bicyclic) bond motifs is 1. The molecule has 1 aromatic rings. The van der Waals surface area contributed by atoms with Crippen LogP contribution in [0.3, 0.4) is 0 Å². The maximum absolute atomic E-state index is 3.40. The predicted molar refractivity (Wildman–Crippen MR) is 68.0 cm³/mol. The molecule has 2 heterocycles. The van der Waals surface area contributed by atoms with Crippen LogP contribution in [0.25, 0.3) is 5.70 Å². The zero-order chi connectivity index (χ0) is 10.8. The lowest BCUT2D eigenvalue weighted by molar-refractivity contribution is 1.09. The van der Waals surface area contributed by atoms with Gasteiger partial charge in [0.1, 0.15) is 0 Å². The van der Waals surface area contributed by atoms with Crippen molar-refractivity contribution >= 4 is 11.4 Å². The third kappa shape index (κ3) is 1.52. The van der Waals surface area contributed by atoms with E-state index in [-0.39, 0.29) is 0 Å². The van der Waals surface area contributed by atoms with Crippen LogP contribution in [-0.2, 0) is 6.42 Å².